The Kier molecular flexibility index (Phi) is 4.57. The highest BCUT2D eigenvalue weighted by Gasteiger charge is 2.53. The maximum absolute atomic E-state index is 13.0. The molecule has 11 heteroatoms. The number of hydrogen-bond acceptors (Lipinski definition) is 8. The summed E-state index contributed by atoms with van der Waals surface area (Å²) in [6, 6.07) is 4.84. The molecular formula is C20H23N7O3S. The molecule has 0 bridgehead atoms. The Morgan fingerprint density at radius 2 is 2.03 bits per heavy atom. The van der Waals surface area contributed by atoms with E-state index in [2.05, 4.69) is 24.8 Å². The molecule has 3 aromatic rings. The molecule has 0 saturated heterocycles. The van der Waals surface area contributed by atoms with Gasteiger partial charge in [-0.2, -0.15) is 9.78 Å². The van der Waals surface area contributed by atoms with E-state index in [0.29, 0.717) is 17.1 Å². The molecule has 162 valence electrons. The Labute approximate surface area is 179 Å². The van der Waals surface area contributed by atoms with Gasteiger partial charge in [-0.1, -0.05) is 6.07 Å². The van der Waals surface area contributed by atoms with Crippen LogP contribution in [-0.2, 0) is 10.0 Å². The highest BCUT2D eigenvalue weighted by atomic mass is 32.2. The van der Waals surface area contributed by atoms with Crippen LogP contribution < -0.4 is 10.5 Å². The van der Waals surface area contributed by atoms with Gasteiger partial charge in [0.1, 0.15) is 12.7 Å². The van der Waals surface area contributed by atoms with Gasteiger partial charge >= 0.3 is 0 Å². The van der Waals surface area contributed by atoms with Crippen LogP contribution in [0.4, 0.5) is 5.82 Å². The summed E-state index contributed by atoms with van der Waals surface area (Å²) in [5, 5.41) is 13.6. The number of aryl methyl sites for hydroxylation is 1. The van der Waals surface area contributed by atoms with Crippen molar-refractivity contribution in [3.05, 3.63) is 42.6 Å². The minimum atomic E-state index is -3.69. The second-order valence-corrected chi connectivity index (χ2v) is 10.3. The number of nitrogens with zero attached hydrogens (tertiary/aromatic N) is 5. The Morgan fingerprint density at radius 3 is 2.71 bits per heavy atom. The van der Waals surface area contributed by atoms with Gasteiger partial charge in [0.05, 0.1) is 22.9 Å². The number of aliphatic hydroxyl groups is 1. The minimum absolute atomic E-state index is 0.0995. The summed E-state index contributed by atoms with van der Waals surface area (Å²) in [6.45, 7) is 1.88. The van der Waals surface area contributed by atoms with Crippen LogP contribution in [0, 0.1) is 12.3 Å². The van der Waals surface area contributed by atoms with Crippen molar-refractivity contribution in [1.82, 2.24) is 29.5 Å². The fourth-order valence-corrected chi connectivity index (χ4v) is 5.94. The second kappa shape index (κ2) is 7.08. The molecule has 1 aromatic carbocycles. The van der Waals surface area contributed by atoms with E-state index >= 15 is 0 Å². The van der Waals surface area contributed by atoms with E-state index in [9.17, 15) is 13.5 Å². The third kappa shape index (κ3) is 3.58. The predicted molar refractivity (Wildman–Crippen MR) is 113 cm³/mol. The lowest BCUT2D eigenvalue weighted by Crippen LogP contribution is -2.57. The van der Waals surface area contributed by atoms with Crippen molar-refractivity contribution in [1.29, 1.82) is 0 Å². The maximum atomic E-state index is 13.0. The topological polar surface area (TPSA) is 149 Å². The fraction of sp³-hybridized carbons (Fsp3) is 0.400. The van der Waals surface area contributed by atoms with E-state index < -0.39 is 10.0 Å². The van der Waals surface area contributed by atoms with E-state index in [1.165, 1.54) is 23.5 Å². The summed E-state index contributed by atoms with van der Waals surface area (Å²) in [4.78, 5) is 12.8. The molecule has 0 unspecified atom stereocenters. The van der Waals surface area contributed by atoms with Crippen molar-refractivity contribution >= 4 is 15.8 Å². The minimum Gasteiger partial charge on any atom is -0.393 e. The number of nitrogen functional groups attached to an aromatic ring is 1. The third-order valence-corrected chi connectivity index (χ3v) is 7.75. The number of benzene rings is 1. The number of hydrogen-bond donors (Lipinski definition) is 3. The zero-order valence-corrected chi connectivity index (χ0v) is 17.7. The maximum Gasteiger partial charge on any atom is 0.240 e. The first-order chi connectivity index (χ1) is 14.7. The SMILES string of the molecule is Cc1ccc(S(=O)(=O)NC2CC3(CC(O)C3)C2)cc1-c1cnc(N)c(-n2cncn2)n1. The highest BCUT2D eigenvalue weighted by Crippen LogP contribution is 2.56. The van der Waals surface area contributed by atoms with E-state index in [1.54, 1.807) is 18.2 Å². The molecule has 0 atom stereocenters. The molecule has 2 heterocycles. The highest BCUT2D eigenvalue weighted by molar-refractivity contribution is 7.89. The summed E-state index contributed by atoms with van der Waals surface area (Å²) in [5.41, 5.74) is 8.05. The number of aromatic nitrogens is 5. The zero-order chi connectivity index (χ0) is 21.8. The van der Waals surface area contributed by atoms with E-state index in [4.69, 9.17) is 5.73 Å². The number of nitrogens with two attached hydrogens (primary N) is 1. The van der Waals surface area contributed by atoms with Gasteiger partial charge in [-0.25, -0.2) is 28.1 Å². The average molecular weight is 442 g/mol. The average Bonchev–Trinajstić information content (AvgIpc) is 3.20. The van der Waals surface area contributed by atoms with Gasteiger partial charge in [-0.3, -0.25) is 0 Å². The number of anilines is 1. The van der Waals surface area contributed by atoms with E-state index in [-0.39, 0.29) is 28.3 Å². The van der Waals surface area contributed by atoms with Crippen LogP contribution in [-0.4, -0.2) is 50.4 Å². The van der Waals surface area contributed by atoms with Crippen molar-refractivity contribution in [2.24, 2.45) is 5.41 Å². The molecule has 2 saturated carbocycles. The smallest absolute Gasteiger partial charge is 0.240 e. The van der Waals surface area contributed by atoms with Crippen molar-refractivity contribution < 1.29 is 13.5 Å². The fourth-order valence-electron chi connectivity index (χ4n) is 4.68. The van der Waals surface area contributed by atoms with Crippen LogP contribution in [0.25, 0.3) is 17.1 Å². The van der Waals surface area contributed by atoms with Gasteiger partial charge in [0.15, 0.2) is 11.6 Å². The van der Waals surface area contributed by atoms with Crippen molar-refractivity contribution in [2.75, 3.05) is 5.73 Å². The first kappa shape index (κ1) is 20.0. The first-order valence-corrected chi connectivity index (χ1v) is 11.5. The van der Waals surface area contributed by atoms with Gasteiger partial charge < -0.3 is 10.8 Å². The molecule has 1 spiro atoms. The normalized spacial score (nSPS) is 25.2. The summed E-state index contributed by atoms with van der Waals surface area (Å²) < 4.78 is 30.2. The van der Waals surface area contributed by atoms with E-state index in [0.717, 1.165) is 31.2 Å². The predicted octanol–water partition coefficient (Wildman–Crippen LogP) is 1.20. The van der Waals surface area contributed by atoms with Gasteiger partial charge in [-0.15, -0.1) is 0 Å². The molecule has 31 heavy (non-hydrogen) atoms. The largest absolute Gasteiger partial charge is 0.393 e. The lowest BCUT2D eigenvalue weighted by atomic mass is 9.53. The van der Waals surface area contributed by atoms with Crippen molar-refractivity contribution in [3.63, 3.8) is 0 Å². The number of aliphatic hydroxyl groups excluding tert-OH is 1. The van der Waals surface area contributed by atoms with Crippen LogP contribution in [0.3, 0.4) is 0 Å². The Morgan fingerprint density at radius 1 is 1.26 bits per heavy atom. The monoisotopic (exact) mass is 441 g/mol. The number of nitrogens with one attached hydrogen (secondary N) is 1. The molecule has 2 aliphatic carbocycles. The first-order valence-electron chi connectivity index (χ1n) is 10.0. The quantitative estimate of drug-likeness (QED) is 0.535. The van der Waals surface area contributed by atoms with Crippen LogP contribution in [0.2, 0.25) is 0 Å². The Balaban J connectivity index is 1.41. The number of sulfonamides is 1. The van der Waals surface area contributed by atoms with Crippen molar-refractivity contribution in [3.8, 4) is 17.1 Å². The van der Waals surface area contributed by atoms with E-state index in [1.807, 2.05) is 6.92 Å². The zero-order valence-electron chi connectivity index (χ0n) is 16.9. The van der Waals surface area contributed by atoms with Gasteiger partial charge in [0.25, 0.3) is 0 Å². The van der Waals surface area contributed by atoms with Crippen LogP contribution >= 0.6 is 0 Å². The molecule has 0 aliphatic heterocycles. The molecule has 4 N–H and O–H groups in total. The number of rotatable bonds is 5. The standard InChI is InChI=1S/C20H23N7O3S/c1-12-2-3-15(31(29,30)26-13-5-20(6-13)7-14(28)8-20)4-16(12)17-9-23-18(21)19(25-17)27-11-22-10-24-27/h2-4,9-11,13-14,26,28H,5-8H2,1H3,(H2,21,23). The lowest BCUT2D eigenvalue weighted by Gasteiger charge is -2.56. The molecule has 2 aromatic heterocycles. The molecule has 2 aliphatic rings. The van der Waals surface area contributed by atoms with Gasteiger partial charge in [0.2, 0.25) is 10.0 Å². The summed E-state index contributed by atoms with van der Waals surface area (Å²) in [6.07, 6.45) is 7.19. The van der Waals surface area contributed by atoms with Crippen molar-refractivity contribution in [2.45, 2.75) is 49.6 Å². The molecule has 10 nitrogen and oxygen atoms in total. The Hall–Kier alpha value is -2.89. The summed E-state index contributed by atoms with van der Waals surface area (Å²) >= 11 is 0. The van der Waals surface area contributed by atoms with Gasteiger partial charge in [0, 0.05) is 11.6 Å². The molecule has 0 radical (unpaired) electrons. The second-order valence-electron chi connectivity index (χ2n) is 8.57. The molecular weight excluding hydrogens is 418 g/mol. The van der Waals surface area contributed by atoms with Crippen LogP contribution in [0.15, 0.2) is 41.9 Å². The van der Waals surface area contributed by atoms with Crippen LogP contribution in [0.1, 0.15) is 31.2 Å². The van der Waals surface area contributed by atoms with Gasteiger partial charge in [-0.05, 0) is 55.7 Å². The molecule has 2 fully saturated rings. The Bertz CT molecular complexity index is 1230. The van der Waals surface area contributed by atoms with Crippen LogP contribution in [0.5, 0.6) is 0 Å². The lowest BCUT2D eigenvalue weighted by molar-refractivity contribution is -0.0930. The third-order valence-electron chi connectivity index (χ3n) is 6.23. The summed E-state index contributed by atoms with van der Waals surface area (Å²) in [5.74, 6) is 0.514. The molecule has 5 rings (SSSR count). The summed E-state index contributed by atoms with van der Waals surface area (Å²) in [7, 11) is -3.69. The molecule has 0 amide bonds.